The molecule has 2 heterocycles. The molecule has 3 amide bonds. The molecule has 0 fully saturated rings. The molecule has 304 valence electrons. The number of carboxylic acids is 1. The molecule has 2 aliphatic heterocycles. The van der Waals surface area contributed by atoms with Gasteiger partial charge < -0.3 is 30.1 Å². The molecule has 0 spiro atoms. The molecule has 3 atom stereocenters. The third-order valence-electron chi connectivity index (χ3n) is 10.7. The van der Waals surface area contributed by atoms with Gasteiger partial charge in [0.15, 0.2) is 0 Å². The Labute approximate surface area is 361 Å². The maximum atomic E-state index is 14.2. The second-order valence-corrected chi connectivity index (χ2v) is 15.5. The highest BCUT2D eigenvalue weighted by molar-refractivity contribution is 6.33. The predicted octanol–water partition coefficient (Wildman–Crippen LogP) is 8.56. The van der Waals surface area contributed by atoms with Crippen LogP contribution in [0.2, 0.25) is 10.0 Å². The van der Waals surface area contributed by atoms with E-state index in [0.29, 0.717) is 60.6 Å². The lowest BCUT2D eigenvalue weighted by Crippen LogP contribution is -2.56. The second-order valence-electron chi connectivity index (χ2n) is 14.7. The fourth-order valence-electron chi connectivity index (χ4n) is 7.43. The van der Waals surface area contributed by atoms with Gasteiger partial charge in [-0.25, -0.2) is 4.79 Å². The van der Waals surface area contributed by atoms with E-state index in [0.717, 1.165) is 16.7 Å². The quantitative estimate of drug-likeness (QED) is 0.117. The lowest BCUT2D eigenvalue weighted by atomic mass is 9.91. The number of carbonyl (C=O) groups excluding carboxylic acids is 3. The number of benzene rings is 6. The SMILES string of the molecule is N#Cc1ccc(-c2ccc(C[C@H](NC(=O)[C@@H]3Cc4cc5c(cc4CN3C(=O)c3ccccc3)OC(c3ccc(OCc4cc(Cl)ccc4Cl)cc3)C(=O)N5)C(=O)O)cc2)cc1. The zero-order valence-corrected chi connectivity index (χ0v) is 33.8. The van der Waals surface area contributed by atoms with Crippen molar-refractivity contribution in [3.8, 4) is 28.7 Å². The number of ether oxygens (including phenoxy) is 2. The van der Waals surface area contributed by atoms with Gasteiger partial charge in [0.1, 0.15) is 30.2 Å². The molecule has 0 radical (unpaired) electrons. The van der Waals surface area contributed by atoms with Gasteiger partial charge in [-0.05, 0) is 94.5 Å². The summed E-state index contributed by atoms with van der Waals surface area (Å²) in [4.78, 5) is 55.7. The van der Waals surface area contributed by atoms with E-state index in [1.165, 1.54) is 4.90 Å². The van der Waals surface area contributed by atoms with E-state index >= 15 is 0 Å². The number of nitriles is 1. The Morgan fingerprint density at radius 1 is 0.885 bits per heavy atom. The number of rotatable bonds is 11. The second kappa shape index (κ2) is 17.6. The lowest BCUT2D eigenvalue weighted by Gasteiger charge is -2.37. The van der Waals surface area contributed by atoms with Crippen molar-refractivity contribution in [2.24, 2.45) is 0 Å². The Hall–Kier alpha value is -7.13. The van der Waals surface area contributed by atoms with E-state index in [2.05, 4.69) is 16.7 Å². The van der Waals surface area contributed by atoms with E-state index in [1.54, 1.807) is 109 Å². The van der Waals surface area contributed by atoms with Crippen LogP contribution >= 0.6 is 23.2 Å². The number of aliphatic carboxylic acids is 1. The van der Waals surface area contributed by atoms with Crippen LogP contribution in [-0.2, 0) is 40.4 Å². The number of carbonyl (C=O) groups is 4. The minimum absolute atomic E-state index is 0.00363. The summed E-state index contributed by atoms with van der Waals surface area (Å²) in [7, 11) is 0. The van der Waals surface area contributed by atoms with E-state index in [9.17, 15) is 24.3 Å². The minimum atomic E-state index is -1.29. The van der Waals surface area contributed by atoms with Crippen molar-refractivity contribution in [3.63, 3.8) is 0 Å². The van der Waals surface area contributed by atoms with Crippen LogP contribution in [0.4, 0.5) is 5.69 Å². The zero-order chi connectivity index (χ0) is 42.6. The van der Waals surface area contributed by atoms with Gasteiger partial charge in [0.2, 0.25) is 12.0 Å². The zero-order valence-electron chi connectivity index (χ0n) is 32.3. The van der Waals surface area contributed by atoms with Crippen LogP contribution in [0.3, 0.4) is 0 Å². The highest BCUT2D eigenvalue weighted by Crippen LogP contribution is 2.40. The number of hydrogen-bond donors (Lipinski definition) is 3. The molecule has 0 bridgehead atoms. The Morgan fingerprint density at radius 2 is 1.59 bits per heavy atom. The molecule has 8 rings (SSSR count). The Morgan fingerprint density at radius 3 is 2.28 bits per heavy atom. The molecule has 0 saturated carbocycles. The first-order valence-corrected chi connectivity index (χ1v) is 20.1. The molecule has 6 aromatic carbocycles. The first-order valence-electron chi connectivity index (χ1n) is 19.3. The number of anilines is 1. The normalized spacial score (nSPS) is 15.8. The molecule has 6 aromatic rings. The molecular weight excluding hydrogens is 815 g/mol. The molecule has 1 unspecified atom stereocenters. The smallest absolute Gasteiger partial charge is 0.326 e. The van der Waals surface area contributed by atoms with Gasteiger partial charge in [-0.1, -0.05) is 89.9 Å². The summed E-state index contributed by atoms with van der Waals surface area (Å²) < 4.78 is 12.2. The molecular formula is C48H36Cl2N4O7. The van der Waals surface area contributed by atoms with Gasteiger partial charge in [-0.2, -0.15) is 5.26 Å². The van der Waals surface area contributed by atoms with Crippen LogP contribution in [0.25, 0.3) is 11.1 Å². The Bertz CT molecular complexity index is 2690. The molecule has 2 aliphatic rings. The summed E-state index contributed by atoms with van der Waals surface area (Å²) in [5.74, 6) is -1.71. The van der Waals surface area contributed by atoms with E-state index in [4.69, 9.17) is 37.9 Å². The molecule has 61 heavy (non-hydrogen) atoms. The summed E-state index contributed by atoms with van der Waals surface area (Å²) in [5, 5.41) is 26.1. The fraction of sp³-hybridized carbons (Fsp3) is 0.146. The van der Waals surface area contributed by atoms with Crippen molar-refractivity contribution < 1.29 is 33.8 Å². The van der Waals surface area contributed by atoms with Crippen molar-refractivity contribution in [2.45, 2.75) is 44.2 Å². The number of carboxylic acid groups (broad SMARTS) is 1. The van der Waals surface area contributed by atoms with Crippen molar-refractivity contribution in [1.29, 1.82) is 5.26 Å². The number of halogens is 2. The average molecular weight is 852 g/mol. The number of nitrogens with one attached hydrogen (secondary N) is 2. The van der Waals surface area contributed by atoms with E-state index < -0.39 is 41.9 Å². The van der Waals surface area contributed by atoms with Crippen LogP contribution in [-0.4, -0.2) is 45.8 Å². The first-order chi connectivity index (χ1) is 29.5. The number of hydrogen-bond acceptors (Lipinski definition) is 7. The predicted molar refractivity (Wildman–Crippen MR) is 229 cm³/mol. The summed E-state index contributed by atoms with van der Waals surface area (Å²) in [6, 6.07) is 38.3. The number of nitrogens with zero attached hydrogens (tertiary/aromatic N) is 2. The Kier molecular flexibility index (Phi) is 11.7. The van der Waals surface area contributed by atoms with Crippen LogP contribution in [0, 0.1) is 11.3 Å². The van der Waals surface area contributed by atoms with E-state index in [1.807, 2.05) is 24.3 Å². The standard InChI is InChI=1S/C48H36Cl2N4O7/c49-37-16-19-39(50)36(21-37)27-60-38-17-14-32(15-18-38)44-46(56)52-40-22-34-23-42(54(26-35(34)24-43(40)61-44)47(57)33-4-2-1-3-5-33)45(55)53-41(48(58)59)20-28-6-10-30(11-7-28)31-12-8-29(25-51)9-13-31/h1-19,21-22,24,41-42,44H,20,23,26-27H2,(H,52,56)(H,53,55)(H,58,59)/t41-,42-,44?/m0/s1. The number of amides is 3. The van der Waals surface area contributed by atoms with Crippen molar-refractivity contribution in [3.05, 3.63) is 182 Å². The largest absolute Gasteiger partial charge is 0.489 e. The topological polar surface area (TPSA) is 158 Å². The van der Waals surface area contributed by atoms with Crippen LogP contribution in [0.1, 0.15) is 49.8 Å². The van der Waals surface area contributed by atoms with Gasteiger partial charge in [-0.15, -0.1) is 0 Å². The lowest BCUT2D eigenvalue weighted by molar-refractivity contribution is -0.142. The van der Waals surface area contributed by atoms with Gasteiger partial charge in [-0.3, -0.25) is 14.4 Å². The van der Waals surface area contributed by atoms with Crippen molar-refractivity contribution in [1.82, 2.24) is 10.2 Å². The van der Waals surface area contributed by atoms with Crippen LogP contribution in [0.5, 0.6) is 11.5 Å². The maximum Gasteiger partial charge on any atom is 0.326 e. The molecule has 0 aliphatic carbocycles. The van der Waals surface area contributed by atoms with Crippen molar-refractivity contribution in [2.75, 3.05) is 5.32 Å². The Balaban J connectivity index is 0.994. The highest BCUT2D eigenvalue weighted by Gasteiger charge is 2.39. The summed E-state index contributed by atoms with van der Waals surface area (Å²) in [5.41, 5.74) is 6.51. The van der Waals surface area contributed by atoms with E-state index in [-0.39, 0.29) is 26.0 Å². The summed E-state index contributed by atoms with van der Waals surface area (Å²) in [6.45, 7) is 0.217. The molecule has 11 nitrogen and oxygen atoms in total. The fourth-order valence-corrected chi connectivity index (χ4v) is 7.80. The minimum Gasteiger partial charge on any atom is -0.489 e. The molecule has 0 aromatic heterocycles. The third kappa shape index (κ3) is 9.06. The first kappa shape index (κ1) is 40.6. The molecule has 13 heteroatoms. The summed E-state index contributed by atoms with van der Waals surface area (Å²) in [6.07, 6.45) is -0.929. The average Bonchev–Trinajstić information content (AvgIpc) is 3.28. The number of fused-ring (bicyclic) bond motifs is 2. The van der Waals surface area contributed by atoms with Gasteiger partial charge in [0.25, 0.3) is 11.8 Å². The third-order valence-corrected chi connectivity index (χ3v) is 11.3. The molecule has 3 N–H and O–H groups in total. The monoisotopic (exact) mass is 850 g/mol. The summed E-state index contributed by atoms with van der Waals surface area (Å²) >= 11 is 12.4. The van der Waals surface area contributed by atoms with Crippen LogP contribution in [0.15, 0.2) is 133 Å². The highest BCUT2D eigenvalue weighted by atomic mass is 35.5. The maximum absolute atomic E-state index is 14.2. The van der Waals surface area contributed by atoms with Gasteiger partial charge in [0.05, 0.1) is 17.3 Å². The van der Waals surface area contributed by atoms with Gasteiger partial charge in [0, 0.05) is 46.1 Å². The van der Waals surface area contributed by atoms with Gasteiger partial charge >= 0.3 is 5.97 Å². The van der Waals surface area contributed by atoms with Crippen LogP contribution < -0.4 is 20.1 Å². The molecule has 0 saturated heterocycles. The van der Waals surface area contributed by atoms with Crippen molar-refractivity contribution >= 4 is 52.6 Å².